The molecule has 0 saturated heterocycles. The van der Waals surface area contributed by atoms with E-state index in [4.69, 9.17) is 16.0 Å². The van der Waals surface area contributed by atoms with E-state index in [0.717, 1.165) is 16.9 Å². The fourth-order valence-corrected chi connectivity index (χ4v) is 1.72. The number of furan rings is 1. The summed E-state index contributed by atoms with van der Waals surface area (Å²) < 4.78 is 5.39. The summed E-state index contributed by atoms with van der Waals surface area (Å²) in [5.74, 6) is 1.35. The van der Waals surface area contributed by atoms with Crippen molar-refractivity contribution in [2.24, 2.45) is 0 Å². The monoisotopic (exact) mass is 236 g/mol. The van der Waals surface area contributed by atoms with E-state index < -0.39 is 6.10 Å². The highest BCUT2D eigenvalue weighted by molar-refractivity contribution is 6.31. The fourth-order valence-electron chi connectivity index (χ4n) is 1.60. The molecule has 0 fully saturated rings. The maximum atomic E-state index is 10.1. The second kappa shape index (κ2) is 4.32. The number of rotatable bonds is 2. The molecule has 0 aliphatic heterocycles. The minimum absolute atomic E-state index is 0.555. The fraction of sp³-hybridized carbons (Fsp3) is 0.231. The Labute approximate surface area is 99.5 Å². The van der Waals surface area contributed by atoms with E-state index in [0.29, 0.717) is 10.8 Å². The first-order chi connectivity index (χ1) is 7.58. The summed E-state index contributed by atoms with van der Waals surface area (Å²) >= 11 is 5.93. The van der Waals surface area contributed by atoms with Crippen LogP contribution in [0.1, 0.15) is 28.8 Å². The molecule has 2 nitrogen and oxygen atoms in total. The first-order valence-electron chi connectivity index (χ1n) is 5.08. The molecule has 1 N–H and O–H groups in total. The Hall–Kier alpha value is -1.25. The first-order valence-corrected chi connectivity index (χ1v) is 5.46. The van der Waals surface area contributed by atoms with Gasteiger partial charge in [-0.1, -0.05) is 23.7 Å². The van der Waals surface area contributed by atoms with Gasteiger partial charge in [0.15, 0.2) is 0 Å². The molecule has 1 aromatic heterocycles. The average Bonchev–Trinajstić information content (AvgIpc) is 2.68. The van der Waals surface area contributed by atoms with Crippen LogP contribution in [0.2, 0.25) is 5.02 Å². The smallest absolute Gasteiger partial charge is 0.137 e. The lowest BCUT2D eigenvalue weighted by molar-refractivity contribution is 0.187. The van der Waals surface area contributed by atoms with Gasteiger partial charge in [0.25, 0.3) is 0 Å². The summed E-state index contributed by atoms with van der Waals surface area (Å²) in [4.78, 5) is 0. The van der Waals surface area contributed by atoms with Gasteiger partial charge in [-0.15, -0.1) is 0 Å². The molecule has 84 valence electrons. The number of aryl methyl sites for hydroxylation is 2. The van der Waals surface area contributed by atoms with Crippen LogP contribution in [0, 0.1) is 13.8 Å². The highest BCUT2D eigenvalue weighted by atomic mass is 35.5. The molecule has 0 amide bonds. The Morgan fingerprint density at radius 3 is 2.50 bits per heavy atom. The van der Waals surface area contributed by atoms with E-state index in [1.807, 2.05) is 26.0 Å². The number of hydrogen-bond donors (Lipinski definition) is 1. The third-order valence-corrected chi connectivity index (χ3v) is 2.95. The minimum atomic E-state index is -0.732. The molecule has 0 radical (unpaired) electrons. The van der Waals surface area contributed by atoms with E-state index in [9.17, 15) is 5.11 Å². The molecule has 0 saturated carbocycles. The van der Waals surface area contributed by atoms with Crippen LogP contribution in [-0.4, -0.2) is 5.11 Å². The number of benzene rings is 1. The van der Waals surface area contributed by atoms with Crippen molar-refractivity contribution in [3.8, 4) is 0 Å². The van der Waals surface area contributed by atoms with E-state index in [1.54, 1.807) is 18.2 Å². The third-order valence-electron chi connectivity index (χ3n) is 2.53. The van der Waals surface area contributed by atoms with Crippen LogP contribution >= 0.6 is 11.6 Å². The molecule has 0 aliphatic carbocycles. The van der Waals surface area contributed by atoms with E-state index >= 15 is 0 Å². The highest BCUT2D eigenvalue weighted by Crippen LogP contribution is 2.26. The van der Waals surface area contributed by atoms with Crippen molar-refractivity contribution in [1.82, 2.24) is 0 Å². The summed E-state index contributed by atoms with van der Waals surface area (Å²) in [6.45, 7) is 3.76. The second-order valence-electron chi connectivity index (χ2n) is 3.86. The Morgan fingerprint density at radius 2 is 1.94 bits per heavy atom. The van der Waals surface area contributed by atoms with Crippen LogP contribution in [0.25, 0.3) is 0 Å². The van der Waals surface area contributed by atoms with Crippen LogP contribution in [0.5, 0.6) is 0 Å². The molecule has 1 unspecified atom stereocenters. The zero-order chi connectivity index (χ0) is 11.7. The van der Waals surface area contributed by atoms with Gasteiger partial charge in [-0.2, -0.15) is 0 Å². The normalized spacial score (nSPS) is 12.8. The molecule has 1 heterocycles. The molecule has 1 atom stereocenters. The number of aliphatic hydroxyl groups is 1. The van der Waals surface area contributed by atoms with Crippen LogP contribution in [-0.2, 0) is 0 Å². The lowest BCUT2D eigenvalue weighted by Gasteiger charge is -2.09. The predicted molar refractivity (Wildman–Crippen MR) is 63.7 cm³/mol. The summed E-state index contributed by atoms with van der Waals surface area (Å²) in [5, 5.41) is 10.8. The van der Waals surface area contributed by atoms with Gasteiger partial charge in [0, 0.05) is 5.02 Å². The van der Waals surface area contributed by atoms with Crippen molar-refractivity contribution in [3.05, 3.63) is 58.0 Å². The van der Waals surface area contributed by atoms with Crippen LogP contribution in [0.3, 0.4) is 0 Å². The maximum absolute atomic E-state index is 10.1. The molecule has 2 rings (SSSR count). The van der Waals surface area contributed by atoms with Crippen LogP contribution in [0.4, 0.5) is 0 Å². The molecule has 16 heavy (non-hydrogen) atoms. The molecule has 2 aromatic rings. The summed E-state index contributed by atoms with van der Waals surface area (Å²) in [6.07, 6.45) is -0.732. The van der Waals surface area contributed by atoms with Gasteiger partial charge in [0.2, 0.25) is 0 Å². The molecule has 3 heteroatoms. The largest absolute Gasteiger partial charge is 0.463 e. The molecule has 0 bridgehead atoms. The van der Waals surface area contributed by atoms with Crippen molar-refractivity contribution in [2.75, 3.05) is 0 Å². The molecular weight excluding hydrogens is 224 g/mol. The van der Waals surface area contributed by atoms with Gasteiger partial charge in [-0.25, -0.2) is 0 Å². The highest BCUT2D eigenvalue weighted by Gasteiger charge is 2.14. The average molecular weight is 237 g/mol. The standard InChI is InChI=1S/C13H13ClO2/c1-8-7-10(4-5-11(8)14)13(15)12-6-3-9(2)16-12/h3-7,13,15H,1-2H3. The van der Waals surface area contributed by atoms with Crippen LogP contribution in [0.15, 0.2) is 34.7 Å². The van der Waals surface area contributed by atoms with Crippen molar-refractivity contribution in [1.29, 1.82) is 0 Å². The van der Waals surface area contributed by atoms with Crippen molar-refractivity contribution < 1.29 is 9.52 Å². The number of aliphatic hydroxyl groups excluding tert-OH is 1. The number of halogens is 1. The maximum Gasteiger partial charge on any atom is 0.137 e. The van der Waals surface area contributed by atoms with Gasteiger partial charge in [0.05, 0.1) is 0 Å². The van der Waals surface area contributed by atoms with Crippen molar-refractivity contribution in [3.63, 3.8) is 0 Å². The van der Waals surface area contributed by atoms with E-state index in [-0.39, 0.29) is 0 Å². The minimum Gasteiger partial charge on any atom is -0.463 e. The molecule has 0 aliphatic rings. The Balaban J connectivity index is 2.33. The lowest BCUT2D eigenvalue weighted by atomic mass is 10.1. The second-order valence-corrected chi connectivity index (χ2v) is 4.27. The molecule has 0 spiro atoms. The third kappa shape index (κ3) is 2.13. The summed E-state index contributed by atoms with van der Waals surface area (Å²) in [5.41, 5.74) is 1.73. The van der Waals surface area contributed by atoms with Gasteiger partial charge in [-0.3, -0.25) is 0 Å². The van der Waals surface area contributed by atoms with Crippen LogP contribution < -0.4 is 0 Å². The topological polar surface area (TPSA) is 33.4 Å². The SMILES string of the molecule is Cc1ccc(C(O)c2ccc(Cl)c(C)c2)o1. The zero-order valence-electron chi connectivity index (χ0n) is 9.20. The number of hydrogen-bond acceptors (Lipinski definition) is 2. The van der Waals surface area contributed by atoms with Crippen molar-refractivity contribution >= 4 is 11.6 Å². The Kier molecular flexibility index (Phi) is 3.03. The predicted octanol–water partition coefficient (Wildman–Crippen LogP) is 3.63. The van der Waals surface area contributed by atoms with Crippen molar-refractivity contribution in [2.45, 2.75) is 20.0 Å². The Bertz CT molecular complexity index is 502. The first kappa shape index (κ1) is 11.2. The van der Waals surface area contributed by atoms with Gasteiger partial charge >= 0.3 is 0 Å². The molecule has 1 aromatic carbocycles. The summed E-state index contributed by atoms with van der Waals surface area (Å²) in [6, 6.07) is 9.07. The van der Waals surface area contributed by atoms with Gasteiger partial charge in [-0.05, 0) is 43.2 Å². The summed E-state index contributed by atoms with van der Waals surface area (Å²) in [7, 11) is 0. The van der Waals surface area contributed by atoms with E-state index in [2.05, 4.69) is 0 Å². The zero-order valence-corrected chi connectivity index (χ0v) is 9.95. The van der Waals surface area contributed by atoms with Gasteiger partial charge < -0.3 is 9.52 Å². The Morgan fingerprint density at radius 1 is 1.19 bits per heavy atom. The van der Waals surface area contributed by atoms with E-state index in [1.165, 1.54) is 0 Å². The quantitative estimate of drug-likeness (QED) is 0.864. The van der Waals surface area contributed by atoms with Gasteiger partial charge in [0.1, 0.15) is 17.6 Å². The lowest BCUT2D eigenvalue weighted by Crippen LogP contribution is -1.98. The molecular formula is C13H13ClO2.